The molecule has 0 aliphatic rings. The van der Waals surface area contributed by atoms with E-state index in [2.05, 4.69) is 4.98 Å². The molecule has 0 fully saturated rings. The van der Waals surface area contributed by atoms with E-state index in [1.165, 1.54) is 17.2 Å². The largest absolute Gasteiger partial charge is 0.385 e. The number of halogens is 2. The fourth-order valence-electron chi connectivity index (χ4n) is 1.49. The van der Waals surface area contributed by atoms with Gasteiger partial charge in [-0.05, 0) is 18.9 Å². The molecule has 0 spiro atoms. The van der Waals surface area contributed by atoms with Crippen molar-refractivity contribution in [1.29, 1.82) is 0 Å². The van der Waals surface area contributed by atoms with Gasteiger partial charge in [0.1, 0.15) is 5.56 Å². The summed E-state index contributed by atoms with van der Waals surface area (Å²) in [6.45, 7) is 1.16. The number of amides is 1. The molecule has 100 valence electrons. The Labute approximate surface area is 111 Å². The Morgan fingerprint density at radius 2 is 2.28 bits per heavy atom. The zero-order valence-electron chi connectivity index (χ0n) is 10.4. The first-order valence-corrected chi connectivity index (χ1v) is 6.00. The Kier molecular flexibility index (Phi) is 6.01. The quantitative estimate of drug-likeness (QED) is 0.591. The summed E-state index contributed by atoms with van der Waals surface area (Å²) in [5.41, 5.74) is -0.173. The predicted molar refractivity (Wildman–Crippen MR) is 67.3 cm³/mol. The van der Waals surface area contributed by atoms with Gasteiger partial charge < -0.3 is 9.64 Å². The lowest BCUT2D eigenvalue weighted by atomic mass is 10.2. The molecule has 1 amide bonds. The highest BCUT2D eigenvalue weighted by molar-refractivity contribution is 6.33. The minimum atomic E-state index is -0.837. The van der Waals surface area contributed by atoms with Gasteiger partial charge in [-0.3, -0.25) is 4.79 Å². The summed E-state index contributed by atoms with van der Waals surface area (Å²) in [7, 11) is 3.23. The maximum Gasteiger partial charge on any atom is 0.259 e. The van der Waals surface area contributed by atoms with E-state index >= 15 is 0 Å². The summed E-state index contributed by atoms with van der Waals surface area (Å²) < 4.78 is 18.4. The van der Waals surface area contributed by atoms with E-state index in [0.717, 1.165) is 12.8 Å². The first kappa shape index (κ1) is 14.9. The van der Waals surface area contributed by atoms with Gasteiger partial charge in [0, 0.05) is 33.5 Å². The maximum absolute atomic E-state index is 13.4. The molecule has 0 aliphatic carbocycles. The minimum absolute atomic E-state index is 0.0799. The maximum atomic E-state index is 13.4. The Morgan fingerprint density at radius 1 is 1.56 bits per heavy atom. The van der Waals surface area contributed by atoms with Crippen LogP contribution in [0.25, 0.3) is 0 Å². The van der Waals surface area contributed by atoms with Gasteiger partial charge in [-0.2, -0.15) is 4.39 Å². The van der Waals surface area contributed by atoms with Crippen molar-refractivity contribution >= 4 is 17.5 Å². The fraction of sp³-hybridized carbons (Fsp3) is 0.500. The van der Waals surface area contributed by atoms with E-state index < -0.39 is 11.9 Å². The van der Waals surface area contributed by atoms with Gasteiger partial charge in [0.2, 0.25) is 5.95 Å². The molecule has 0 saturated heterocycles. The molecule has 0 radical (unpaired) electrons. The van der Waals surface area contributed by atoms with E-state index in [4.69, 9.17) is 16.3 Å². The van der Waals surface area contributed by atoms with E-state index in [0.29, 0.717) is 13.2 Å². The summed E-state index contributed by atoms with van der Waals surface area (Å²) in [6, 6.07) is 1.40. The van der Waals surface area contributed by atoms with Gasteiger partial charge in [-0.1, -0.05) is 11.6 Å². The third-order valence-corrected chi connectivity index (χ3v) is 2.82. The van der Waals surface area contributed by atoms with Crippen molar-refractivity contribution in [2.24, 2.45) is 0 Å². The number of hydrogen-bond donors (Lipinski definition) is 0. The number of methoxy groups -OCH3 is 1. The second kappa shape index (κ2) is 7.28. The lowest BCUT2D eigenvalue weighted by Gasteiger charge is -2.17. The van der Waals surface area contributed by atoms with Gasteiger partial charge in [0.15, 0.2) is 0 Å². The van der Waals surface area contributed by atoms with Gasteiger partial charge in [0.05, 0.1) is 5.02 Å². The highest BCUT2D eigenvalue weighted by Crippen LogP contribution is 2.18. The van der Waals surface area contributed by atoms with Crippen LogP contribution in [0.2, 0.25) is 5.02 Å². The van der Waals surface area contributed by atoms with E-state index in [-0.39, 0.29) is 10.6 Å². The first-order chi connectivity index (χ1) is 8.57. The molecule has 0 aromatic carbocycles. The molecule has 0 aliphatic heterocycles. The molecule has 4 nitrogen and oxygen atoms in total. The third kappa shape index (κ3) is 3.92. The smallest absolute Gasteiger partial charge is 0.259 e. The normalized spacial score (nSPS) is 10.4. The number of rotatable bonds is 6. The van der Waals surface area contributed by atoms with Crippen LogP contribution in [0.15, 0.2) is 12.3 Å². The van der Waals surface area contributed by atoms with Crippen LogP contribution in [0.3, 0.4) is 0 Å². The number of nitrogens with zero attached hydrogens (tertiary/aromatic N) is 2. The Hall–Kier alpha value is -1.20. The highest BCUT2D eigenvalue weighted by Gasteiger charge is 2.20. The van der Waals surface area contributed by atoms with Gasteiger partial charge in [-0.15, -0.1) is 0 Å². The summed E-state index contributed by atoms with van der Waals surface area (Å²) in [6.07, 6.45) is 2.86. The molecule has 1 rings (SSSR count). The van der Waals surface area contributed by atoms with Crippen LogP contribution in [-0.2, 0) is 4.74 Å². The second-order valence-corrected chi connectivity index (χ2v) is 4.29. The topological polar surface area (TPSA) is 42.4 Å². The summed E-state index contributed by atoms with van der Waals surface area (Å²) >= 11 is 5.80. The fourth-order valence-corrected chi connectivity index (χ4v) is 1.71. The molecular formula is C12H16ClFN2O2. The minimum Gasteiger partial charge on any atom is -0.385 e. The van der Waals surface area contributed by atoms with Crippen molar-refractivity contribution in [2.75, 3.05) is 27.3 Å². The number of pyridine rings is 1. The summed E-state index contributed by atoms with van der Waals surface area (Å²) in [5.74, 6) is -1.29. The molecule has 0 N–H and O–H groups in total. The number of carbonyl (C=O) groups is 1. The molecule has 6 heteroatoms. The van der Waals surface area contributed by atoms with E-state index in [1.54, 1.807) is 14.2 Å². The molecule has 0 atom stereocenters. The average molecular weight is 275 g/mol. The zero-order valence-corrected chi connectivity index (χ0v) is 11.2. The van der Waals surface area contributed by atoms with Crippen LogP contribution >= 0.6 is 11.6 Å². The number of aromatic nitrogens is 1. The number of unbranched alkanes of at least 4 members (excludes halogenated alkanes) is 1. The van der Waals surface area contributed by atoms with E-state index in [1.807, 2.05) is 0 Å². The Balaban J connectivity index is 2.63. The van der Waals surface area contributed by atoms with Gasteiger partial charge in [-0.25, -0.2) is 4.98 Å². The monoisotopic (exact) mass is 274 g/mol. The number of hydrogen-bond acceptors (Lipinski definition) is 3. The van der Waals surface area contributed by atoms with Crippen molar-refractivity contribution in [1.82, 2.24) is 9.88 Å². The van der Waals surface area contributed by atoms with Crippen molar-refractivity contribution in [3.63, 3.8) is 0 Å². The molecule has 0 saturated carbocycles. The zero-order chi connectivity index (χ0) is 13.5. The van der Waals surface area contributed by atoms with E-state index in [9.17, 15) is 9.18 Å². The summed E-state index contributed by atoms with van der Waals surface area (Å²) in [5, 5.41) is 0.0799. The molecule has 0 unspecified atom stereocenters. The van der Waals surface area contributed by atoms with Crippen LogP contribution in [0.5, 0.6) is 0 Å². The third-order valence-electron chi connectivity index (χ3n) is 2.51. The van der Waals surface area contributed by atoms with Crippen LogP contribution in [0, 0.1) is 5.95 Å². The first-order valence-electron chi connectivity index (χ1n) is 5.62. The molecule has 1 aromatic rings. The number of ether oxygens (including phenoxy) is 1. The Bertz CT molecular complexity index is 395. The molecular weight excluding hydrogens is 259 g/mol. The van der Waals surface area contributed by atoms with Gasteiger partial charge in [0.25, 0.3) is 5.91 Å². The predicted octanol–water partition coefficient (Wildman–Crippen LogP) is 2.37. The molecule has 0 bridgehead atoms. The van der Waals surface area contributed by atoms with Crippen molar-refractivity contribution in [2.45, 2.75) is 12.8 Å². The lowest BCUT2D eigenvalue weighted by molar-refractivity contribution is 0.0783. The van der Waals surface area contributed by atoms with Crippen LogP contribution in [0.4, 0.5) is 4.39 Å². The average Bonchev–Trinajstić information content (AvgIpc) is 2.34. The van der Waals surface area contributed by atoms with Gasteiger partial charge >= 0.3 is 0 Å². The molecule has 18 heavy (non-hydrogen) atoms. The van der Waals surface area contributed by atoms with Crippen molar-refractivity contribution in [3.8, 4) is 0 Å². The summed E-state index contributed by atoms with van der Waals surface area (Å²) in [4.78, 5) is 16.8. The Morgan fingerprint density at radius 3 is 2.89 bits per heavy atom. The lowest BCUT2D eigenvalue weighted by Crippen LogP contribution is -2.29. The second-order valence-electron chi connectivity index (χ2n) is 3.89. The SMILES string of the molecule is COCCCCN(C)C(=O)c1c(Cl)ccnc1F. The van der Waals surface area contributed by atoms with Crippen molar-refractivity contribution < 1.29 is 13.9 Å². The van der Waals surface area contributed by atoms with Crippen LogP contribution in [-0.4, -0.2) is 43.1 Å². The number of carbonyl (C=O) groups excluding carboxylic acids is 1. The van der Waals surface area contributed by atoms with Crippen molar-refractivity contribution in [3.05, 3.63) is 28.8 Å². The van der Waals surface area contributed by atoms with Crippen LogP contribution < -0.4 is 0 Å². The van der Waals surface area contributed by atoms with Crippen LogP contribution in [0.1, 0.15) is 23.2 Å². The standard InChI is InChI=1S/C12H16ClFN2O2/c1-16(7-3-4-8-18-2)12(17)10-9(13)5-6-15-11(10)14/h5-6H,3-4,7-8H2,1-2H3. The molecule has 1 aromatic heterocycles. The highest BCUT2D eigenvalue weighted by atomic mass is 35.5. The molecule has 1 heterocycles.